The van der Waals surface area contributed by atoms with Crippen molar-refractivity contribution in [2.75, 3.05) is 6.61 Å². The maximum Gasteiger partial charge on any atom is 0.416 e. The number of rotatable bonds is 3. The van der Waals surface area contributed by atoms with Crippen LogP contribution in [0.2, 0.25) is 0 Å². The Kier molecular flexibility index (Phi) is 3.52. The third kappa shape index (κ3) is 3.75. The molecule has 0 unspecified atom stereocenters. The van der Waals surface area contributed by atoms with E-state index in [4.69, 9.17) is 10.5 Å². The zero-order valence-electron chi connectivity index (χ0n) is 7.54. The first-order valence-corrected chi connectivity index (χ1v) is 4.39. The Morgan fingerprint density at radius 3 is 2.60 bits per heavy atom. The molecular weight excluding hydrogens is 227 g/mol. The normalized spacial score (nSPS) is 11.1. The van der Waals surface area contributed by atoms with E-state index < -0.39 is 11.7 Å². The molecule has 0 radical (unpaired) electrons. The minimum atomic E-state index is -4.37. The van der Waals surface area contributed by atoms with Crippen LogP contribution >= 0.6 is 12.2 Å². The highest BCUT2D eigenvalue weighted by atomic mass is 32.1. The maximum absolute atomic E-state index is 12.3. The van der Waals surface area contributed by atoms with Gasteiger partial charge >= 0.3 is 6.18 Å². The van der Waals surface area contributed by atoms with Gasteiger partial charge in [0.1, 0.15) is 17.3 Å². The number of ether oxygens (including phenoxy) is 1. The molecule has 0 saturated heterocycles. The number of hydrogen-bond donors (Lipinski definition) is 1. The third-order valence-corrected chi connectivity index (χ3v) is 1.66. The molecule has 1 aromatic carbocycles. The van der Waals surface area contributed by atoms with Gasteiger partial charge in [-0.2, -0.15) is 13.2 Å². The van der Waals surface area contributed by atoms with E-state index in [1.807, 2.05) is 0 Å². The number of nitrogens with two attached hydrogens (primary N) is 1. The van der Waals surface area contributed by atoms with Gasteiger partial charge in [0.05, 0.1) is 5.56 Å². The van der Waals surface area contributed by atoms with Crippen LogP contribution in [0, 0.1) is 0 Å². The van der Waals surface area contributed by atoms with Gasteiger partial charge in [-0.3, -0.25) is 0 Å². The molecule has 0 fully saturated rings. The fourth-order valence-electron chi connectivity index (χ4n) is 0.917. The van der Waals surface area contributed by atoms with Crippen LogP contribution in [0.3, 0.4) is 0 Å². The average molecular weight is 235 g/mol. The van der Waals surface area contributed by atoms with Crippen molar-refractivity contribution in [3.8, 4) is 5.75 Å². The van der Waals surface area contributed by atoms with Crippen molar-refractivity contribution in [1.82, 2.24) is 0 Å². The quantitative estimate of drug-likeness (QED) is 0.817. The summed E-state index contributed by atoms with van der Waals surface area (Å²) >= 11 is 4.53. The molecule has 0 aliphatic heterocycles. The predicted octanol–water partition coefficient (Wildman–Crippen LogP) is 2.37. The average Bonchev–Trinajstić information content (AvgIpc) is 2.14. The van der Waals surface area contributed by atoms with Gasteiger partial charge in [0, 0.05) is 0 Å². The SMILES string of the molecule is NC(=S)COc1cccc(C(F)(F)F)c1. The van der Waals surface area contributed by atoms with E-state index in [2.05, 4.69) is 12.2 Å². The summed E-state index contributed by atoms with van der Waals surface area (Å²) in [6.07, 6.45) is -4.37. The van der Waals surface area contributed by atoms with E-state index >= 15 is 0 Å². The van der Waals surface area contributed by atoms with Crippen LogP contribution in [0.15, 0.2) is 24.3 Å². The van der Waals surface area contributed by atoms with E-state index in [1.54, 1.807) is 0 Å². The van der Waals surface area contributed by atoms with Gasteiger partial charge < -0.3 is 10.5 Å². The summed E-state index contributed by atoms with van der Waals surface area (Å²) < 4.78 is 41.7. The molecule has 1 aromatic rings. The lowest BCUT2D eigenvalue weighted by Gasteiger charge is -2.09. The summed E-state index contributed by atoms with van der Waals surface area (Å²) in [6.45, 7) is -0.0728. The monoisotopic (exact) mass is 235 g/mol. The Morgan fingerprint density at radius 1 is 1.40 bits per heavy atom. The summed E-state index contributed by atoms with van der Waals surface area (Å²) in [5.74, 6) is 0.0950. The molecule has 0 aliphatic rings. The number of alkyl halides is 3. The highest BCUT2D eigenvalue weighted by Gasteiger charge is 2.30. The summed E-state index contributed by atoms with van der Waals surface area (Å²) in [5.41, 5.74) is 4.39. The van der Waals surface area contributed by atoms with Crippen LogP contribution in [0.25, 0.3) is 0 Å². The number of benzene rings is 1. The standard InChI is InChI=1S/C9H8F3NOS/c10-9(11,12)6-2-1-3-7(4-6)14-5-8(13)15/h1-4H,5H2,(H2,13,15). The van der Waals surface area contributed by atoms with Gasteiger partial charge in [0.2, 0.25) is 0 Å². The molecule has 2 N–H and O–H groups in total. The molecule has 0 aromatic heterocycles. The molecule has 15 heavy (non-hydrogen) atoms. The number of thiocarbonyl (C=S) groups is 1. The van der Waals surface area contributed by atoms with Crippen molar-refractivity contribution in [3.63, 3.8) is 0 Å². The zero-order chi connectivity index (χ0) is 11.5. The molecule has 0 amide bonds. The van der Waals surface area contributed by atoms with Crippen LogP contribution in [0.5, 0.6) is 5.75 Å². The molecule has 6 heteroatoms. The van der Waals surface area contributed by atoms with Gasteiger partial charge in [-0.05, 0) is 18.2 Å². The van der Waals surface area contributed by atoms with Crippen molar-refractivity contribution in [2.45, 2.75) is 6.18 Å². The van der Waals surface area contributed by atoms with E-state index in [0.29, 0.717) is 0 Å². The summed E-state index contributed by atoms with van der Waals surface area (Å²) in [5, 5.41) is 0. The predicted molar refractivity (Wildman–Crippen MR) is 53.7 cm³/mol. The van der Waals surface area contributed by atoms with Crippen molar-refractivity contribution < 1.29 is 17.9 Å². The summed E-state index contributed by atoms with van der Waals surface area (Å²) in [4.78, 5) is 0.0902. The van der Waals surface area contributed by atoms with Gasteiger partial charge in [-0.25, -0.2) is 0 Å². The fourth-order valence-corrected chi connectivity index (χ4v) is 0.976. The molecule has 1 rings (SSSR count). The number of halogens is 3. The summed E-state index contributed by atoms with van der Waals surface area (Å²) in [7, 11) is 0. The third-order valence-electron chi connectivity index (χ3n) is 1.54. The molecule has 2 nitrogen and oxygen atoms in total. The van der Waals surface area contributed by atoms with Crippen molar-refractivity contribution in [2.24, 2.45) is 5.73 Å². The van der Waals surface area contributed by atoms with Gasteiger partial charge in [-0.15, -0.1) is 0 Å². The Bertz CT molecular complexity index is 365. The minimum Gasteiger partial charge on any atom is -0.486 e. The second-order valence-electron chi connectivity index (χ2n) is 2.78. The fraction of sp³-hybridized carbons (Fsp3) is 0.222. The van der Waals surface area contributed by atoms with E-state index in [1.165, 1.54) is 12.1 Å². The van der Waals surface area contributed by atoms with Crippen LogP contribution in [0.1, 0.15) is 5.56 Å². The highest BCUT2D eigenvalue weighted by Crippen LogP contribution is 2.31. The molecule has 0 atom stereocenters. The van der Waals surface area contributed by atoms with Gasteiger partial charge in [0.15, 0.2) is 0 Å². The van der Waals surface area contributed by atoms with Crippen LogP contribution < -0.4 is 10.5 Å². The van der Waals surface area contributed by atoms with Crippen LogP contribution in [-0.4, -0.2) is 11.6 Å². The largest absolute Gasteiger partial charge is 0.486 e. The lowest BCUT2D eigenvalue weighted by molar-refractivity contribution is -0.137. The molecule has 0 saturated carbocycles. The molecule has 82 valence electrons. The smallest absolute Gasteiger partial charge is 0.416 e. The molecule has 0 bridgehead atoms. The molecule has 0 aliphatic carbocycles. The van der Waals surface area contributed by atoms with Gasteiger partial charge in [0.25, 0.3) is 0 Å². The highest BCUT2D eigenvalue weighted by molar-refractivity contribution is 7.80. The first-order valence-electron chi connectivity index (χ1n) is 3.98. The van der Waals surface area contributed by atoms with Gasteiger partial charge in [-0.1, -0.05) is 18.3 Å². The minimum absolute atomic E-state index is 0.0728. The van der Waals surface area contributed by atoms with Crippen LogP contribution in [-0.2, 0) is 6.18 Å². The van der Waals surface area contributed by atoms with Crippen molar-refractivity contribution in [1.29, 1.82) is 0 Å². The lowest BCUT2D eigenvalue weighted by atomic mass is 10.2. The maximum atomic E-state index is 12.3. The molecule has 0 heterocycles. The Labute approximate surface area is 89.8 Å². The van der Waals surface area contributed by atoms with Crippen molar-refractivity contribution in [3.05, 3.63) is 29.8 Å². The second kappa shape index (κ2) is 4.48. The lowest BCUT2D eigenvalue weighted by Crippen LogP contribution is -2.18. The second-order valence-corrected chi connectivity index (χ2v) is 3.30. The van der Waals surface area contributed by atoms with Crippen LogP contribution in [0.4, 0.5) is 13.2 Å². The molecular formula is C9H8F3NOS. The van der Waals surface area contributed by atoms with E-state index in [0.717, 1.165) is 12.1 Å². The van der Waals surface area contributed by atoms with E-state index in [9.17, 15) is 13.2 Å². The first-order chi connectivity index (χ1) is 6.89. The summed E-state index contributed by atoms with van der Waals surface area (Å²) in [6, 6.07) is 4.54. The Hall–Kier alpha value is -1.30. The van der Waals surface area contributed by atoms with E-state index in [-0.39, 0.29) is 17.3 Å². The first kappa shape index (κ1) is 11.8. The van der Waals surface area contributed by atoms with Crippen molar-refractivity contribution >= 4 is 17.2 Å². The topological polar surface area (TPSA) is 35.2 Å². The zero-order valence-corrected chi connectivity index (χ0v) is 8.36. The Balaban J connectivity index is 2.79. The molecule has 0 spiro atoms. The number of hydrogen-bond acceptors (Lipinski definition) is 2. The Morgan fingerprint density at radius 2 is 2.07 bits per heavy atom.